The fourth-order valence-corrected chi connectivity index (χ4v) is 5.81. The van der Waals surface area contributed by atoms with Crippen LogP contribution in [0.3, 0.4) is 0 Å². The van der Waals surface area contributed by atoms with Gasteiger partial charge in [0.25, 0.3) is 0 Å². The van der Waals surface area contributed by atoms with E-state index in [1.54, 1.807) is 18.7 Å². The van der Waals surface area contributed by atoms with E-state index in [1.807, 2.05) is 42.6 Å². The van der Waals surface area contributed by atoms with Gasteiger partial charge < -0.3 is 20.5 Å². The van der Waals surface area contributed by atoms with Crippen molar-refractivity contribution in [3.63, 3.8) is 0 Å². The number of benzene rings is 1. The van der Waals surface area contributed by atoms with E-state index in [0.29, 0.717) is 47.1 Å². The number of hydrogen-bond acceptors (Lipinski definition) is 7. The van der Waals surface area contributed by atoms with Gasteiger partial charge in [0.15, 0.2) is 5.82 Å². The fourth-order valence-electron chi connectivity index (χ4n) is 5.81. The number of likely N-dealkylation sites (tertiary alicyclic amines) is 1. The fraction of sp³-hybridized carbons (Fsp3) is 0.258. The minimum atomic E-state index is -0.350. The number of aliphatic imine (C=N–C) groups is 1. The summed E-state index contributed by atoms with van der Waals surface area (Å²) in [7, 11) is 0. The molecule has 4 aromatic rings. The van der Waals surface area contributed by atoms with E-state index in [1.165, 1.54) is 19.3 Å². The lowest BCUT2D eigenvalue weighted by Crippen LogP contribution is -2.29. The number of nitrogens with two attached hydrogens (primary N) is 1. The summed E-state index contributed by atoms with van der Waals surface area (Å²) in [6.07, 6.45) is 15.0. The summed E-state index contributed by atoms with van der Waals surface area (Å²) in [4.78, 5) is 19.9. The van der Waals surface area contributed by atoms with Crippen molar-refractivity contribution in [3.8, 4) is 11.1 Å². The first kappa shape index (κ1) is 24.5. The van der Waals surface area contributed by atoms with Crippen molar-refractivity contribution in [1.29, 1.82) is 0 Å². The summed E-state index contributed by atoms with van der Waals surface area (Å²) in [5.74, 6) is 0.154. The lowest BCUT2D eigenvalue weighted by molar-refractivity contribution is 0.220. The molecule has 4 N–H and O–H groups in total. The number of halogens is 1. The number of allylic oxidation sites excluding steroid dienone is 3. The Balaban J connectivity index is 1.26. The monoisotopic (exact) mass is 535 g/mol. The minimum absolute atomic E-state index is 0.325. The highest BCUT2D eigenvalue weighted by atomic mass is 19.1. The smallest absolute Gasteiger partial charge is 0.157 e. The van der Waals surface area contributed by atoms with Crippen molar-refractivity contribution in [1.82, 2.24) is 19.9 Å². The van der Waals surface area contributed by atoms with Crippen molar-refractivity contribution in [2.45, 2.75) is 32.2 Å². The number of furan rings is 1. The molecule has 3 aromatic heterocycles. The molecule has 0 bridgehead atoms. The van der Waals surface area contributed by atoms with Crippen molar-refractivity contribution >= 4 is 17.0 Å². The summed E-state index contributed by atoms with van der Waals surface area (Å²) in [6, 6.07) is 7.65. The van der Waals surface area contributed by atoms with Gasteiger partial charge in [-0.05, 0) is 61.8 Å². The average Bonchev–Trinajstić information content (AvgIpc) is 3.62. The third-order valence-electron chi connectivity index (χ3n) is 7.78. The van der Waals surface area contributed by atoms with Crippen LogP contribution in [0.4, 0.5) is 10.1 Å². The van der Waals surface area contributed by atoms with Crippen LogP contribution in [0.2, 0.25) is 0 Å². The van der Waals surface area contributed by atoms with Gasteiger partial charge in [0.05, 0.1) is 23.8 Å². The molecule has 1 saturated heterocycles. The van der Waals surface area contributed by atoms with Crippen LogP contribution in [-0.4, -0.2) is 45.3 Å². The van der Waals surface area contributed by atoms with Gasteiger partial charge in [-0.15, -0.1) is 0 Å². The maximum Gasteiger partial charge on any atom is 0.157 e. The Hall–Kier alpha value is -4.50. The van der Waals surface area contributed by atoms with E-state index in [-0.39, 0.29) is 5.82 Å². The zero-order valence-corrected chi connectivity index (χ0v) is 22.1. The van der Waals surface area contributed by atoms with Gasteiger partial charge >= 0.3 is 0 Å². The van der Waals surface area contributed by atoms with E-state index in [9.17, 15) is 0 Å². The number of anilines is 1. The summed E-state index contributed by atoms with van der Waals surface area (Å²) >= 11 is 0. The lowest BCUT2D eigenvalue weighted by atomic mass is 9.97. The number of imidazole rings is 1. The zero-order chi connectivity index (χ0) is 27.1. The Labute approximate surface area is 231 Å². The molecule has 0 saturated carbocycles. The van der Waals surface area contributed by atoms with Crippen LogP contribution in [0.1, 0.15) is 53.2 Å². The van der Waals surface area contributed by atoms with Gasteiger partial charge in [0.1, 0.15) is 18.2 Å². The molecule has 0 spiro atoms. The molecule has 0 amide bonds. The number of pyridine rings is 1. The number of nitrogens with one attached hydrogen (secondary N) is 2. The predicted octanol–water partition coefficient (Wildman–Crippen LogP) is 5.24. The van der Waals surface area contributed by atoms with Crippen LogP contribution < -0.4 is 11.1 Å². The van der Waals surface area contributed by atoms with Crippen molar-refractivity contribution in [2.75, 3.05) is 25.1 Å². The molecule has 3 aliphatic rings. The number of rotatable bonds is 5. The first-order valence-electron chi connectivity index (χ1n) is 13.7. The number of fused-ring (bicyclic) bond motifs is 2. The second-order valence-electron chi connectivity index (χ2n) is 10.5. The van der Waals surface area contributed by atoms with Crippen molar-refractivity contribution in [3.05, 3.63) is 107 Å². The van der Waals surface area contributed by atoms with E-state index >= 15 is 4.39 Å². The number of nitrogens with zero attached hydrogens (tertiary/aromatic N) is 4. The summed E-state index contributed by atoms with van der Waals surface area (Å²) < 4.78 is 21.7. The Morgan fingerprint density at radius 3 is 2.80 bits per heavy atom. The van der Waals surface area contributed by atoms with Crippen LogP contribution in [0.5, 0.6) is 0 Å². The third kappa shape index (κ3) is 4.52. The van der Waals surface area contributed by atoms with E-state index in [4.69, 9.17) is 15.1 Å². The number of hydrogen-bond donors (Lipinski definition) is 3. The molecule has 0 radical (unpaired) electrons. The van der Waals surface area contributed by atoms with Crippen molar-refractivity contribution < 1.29 is 8.81 Å². The molecule has 40 heavy (non-hydrogen) atoms. The second-order valence-corrected chi connectivity index (χ2v) is 10.5. The molecule has 1 aliphatic carbocycles. The minimum Gasteiger partial charge on any atom is -0.472 e. The van der Waals surface area contributed by atoms with Crippen LogP contribution in [0.25, 0.3) is 16.7 Å². The molecule has 1 fully saturated rings. The van der Waals surface area contributed by atoms with Crippen LogP contribution in [0.15, 0.2) is 76.4 Å². The molecular formula is C31H30FN7O. The highest BCUT2D eigenvalue weighted by molar-refractivity contribution is 6.16. The highest BCUT2D eigenvalue weighted by Crippen LogP contribution is 2.35. The molecule has 0 atom stereocenters. The Bertz CT molecular complexity index is 1660. The Morgan fingerprint density at radius 1 is 1.05 bits per heavy atom. The maximum atomic E-state index is 16.4. The molecule has 1 aromatic carbocycles. The van der Waals surface area contributed by atoms with Gasteiger partial charge in [-0.25, -0.2) is 9.37 Å². The van der Waals surface area contributed by atoms with E-state index in [0.717, 1.165) is 53.3 Å². The van der Waals surface area contributed by atoms with Crippen LogP contribution >= 0.6 is 0 Å². The topological polar surface area (TPSA) is 108 Å². The highest BCUT2D eigenvalue weighted by Gasteiger charge is 2.28. The quantitative estimate of drug-likeness (QED) is 0.323. The SMILES string of the molecule is NC1=CC=C(c2ccoc2)c2nc(C3=NCNc4ccc(-c5cncc(CN6CCCCC6)c5)c(F)c43)[nH]c2C1. The van der Waals surface area contributed by atoms with Gasteiger partial charge in [-0.3, -0.25) is 14.9 Å². The first-order chi connectivity index (χ1) is 19.6. The van der Waals surface area contributed by atoms with Gasteiger partial charge in [0.2, 0.25) is 0 Å². The average molecular weight is 536 g/mol. The number of piperidine rings is 1. The van der Waals surface area contributed by atoms with Crippen LogP contribution in [0, 0.1) is 5.82 Å². The largest absolute Gasteiger partial charge is 0.472 e. The number of aromatic amines is 1. The lowest BCUT2D eigenvalue weighted by Gasteiger charge is -2.26. The molecule has 7 rings (SSSR count). The third-order valence-corrected chi connectivity index (χ3v) is 7.78. The zero-order valence-electron chi connectivity index (χ0n) is 22.1. The van der Waals surface area contributed by atoms with Gasteiger partial charge in [-0.2, -0.15) is 0 Å². The molecule has 5 heterocycles. The predicted molar refractivity (Wildman–Crippen MR) is 153 cm³/mol. The summed E-state index contributed by atoms with van der Waals surface area (Å²) in [5, 5.41) is 3.21. The van der Waals surface area contributed by atoms with E-state index in [2.05, 4.69) is 25.2 Å². The molecular weight excluding hydrogens is 505 g/mol. The maximum absolute atomic E-state index is 16.4. The number of aromatic nitrogens is 3. The Morgan fingerprint density at radius 2 is 1.95 bits per heavy atom. The summed E-state index contributed by atoms with van der Waals surface area (Å²) in [6.45, 7) is 3.33. The van der Waals surface area contributed by atoms with Gasteiger partial charge in [0, 0.05) is 64.7 Å². The van der Waals surface area contributed by atoms with E-state index < -0.39 is 0 Å². The van der Waals surface area contributed by atoms with Gasteiger partial charge in [-0.1, -0.05) is 12.5 Å². The number of H-pyrrole nitrogens is 1. The molecule has 2 aliphatic heterocycles. The molecule has 9 heteroatoms. The molecule has 8 nitrogen and oxygen atoms in total. The first-order valence-corrected chi connectivity index (χ1v) is 13.7. The second kappa shape index (κ2) is 10.2. The standard InChI is InChI=1S/C31H30FN7O/c32-28-23(21-12-19(14-34-15-21)16-39-9-2-1-3-10-39)6-7-25-27(28)30(36-18-35-25)31-37-26-13-22(33)4-5-24(29(26)38-31)20-8-11-40-17-20/h4-8,11-12,14-15,17,35H,1-3,9-10,13,16,18,33H2,(H,37,38). The Kier molecular flexibility index (Phi) is 6.28. The molecule has 202 valence electrons. The van der Waals surface area contributed by atoms with Crippen molar-refractivity contribution in [2.24, 2.45) is 10.7 Å². The van der Waals surface area contributed by atoms with Crippen LogP contribution in [-0.2, 0) is 13.0 Å². The normalized spacial score (nSPS) is 17.2. The summed E-state index contributed by atoms with van der Waals surface area (Å²) in [5.41, 5.74) is 14.2. The molecule has 0 unspecified atom stereocenters.